The highest BCUT2D eigenvalue weighted by Gasteiger charge is 2.35. The summed E-state index contributed by atoms with van der Waals surface area (Å²) in [6.45, 7) is 0.361. The highest BCUT2D eigenvalue weighted by atomic mass is 32.2. The van der Waals surface area contributed by atoms with Gasteiger partial charge in [-0.25, -0.2) is 12.8 Å². The standard InChI is InChI=1S/C17H17FN2O4S/c1-24-14-6-8-15(9-7-14)25(22,23)19-16-10-11-20(17(16)21)13-4-2-12(18)3-5-13/h2-9,16,19H,10-11H2,1H3/t16-/m1/s1. The summed E-state index contributed by atoms with van der Waals surface area (Å²) in [6.07, 6.45) is 0.339. The lowest BCUT2D eigenvalue weighted by molar-refractivity contribution is -0.118. The number of methoxy groups -OCH3 is 1. The molecule has 1 heterocycles. The third kappa shape index (κ3) is 3.64. The van der Waals surface area contributed by atoms with Crippen molar-refractivity contribution in [1.29, 1.82) is 0 Å². The van der Waals surface area contributed by atoms with Crippen LogP contribution in [0, 0.1) is 5.82 Å². The van der Waals surface area contributed by atoms with Crippen LogP contribution in [0.25, 0.3) is 0 Å². The van der Waals surface area contributed by atoms with Crippen LogP contribution in [0.4, 0.5) is 10.1 Å². The molecule has 1 fully saturated rings. The van der Waals surface area contributed by atoms with E-state index in [0.717, 1.165) is 0 Å². The third-order valence-electron chi connectivity index (χ3n) is 4.01. The van der Waals surface area contributed by atoms with Crippen LogP contribution in [0.1, 0.15) is 6.42 Å². The van der Waals surface area contributed by atoms with Crippen LogP contribution in [0.2, 0.25) is 0 Å². The highest BCUT2D eigenvalue weighted by molar-refractivity contribution is 7.89. The van der Waals surface area contributed by atoms with Gasteiger partial charge in [0.25, 0.3) is 0 Å². The van der Waals surface area contributed by atoms with E-state index in [9.17, 15) is 17.6 Å². The van der Waals surface area contributed by atoms with Gasteiger partial charge in [0.1, 0.15) is 17.6 Å². The maximum absolute atomic E-state index is 13.0. The van der Waals surface area contributed by atoms with Gasteiger partial charge in [0.2, 0.25) is 15.9 Å². The molecular formula is C17H17FN2O4S. The number of carbonyl (C=O) groups is 1. The fourth-order valence-electron chi connectivity index (χ4n) is 2.68. The van der Waals surface area contributed by atoms with E-state index in [-0.39, 0.29) is 10.8 Å². The maximum Gasteiger partial charge on any atom is 0.245 e. The number of carbonyl (C=O) groups excluding carboxylic acids is 1. The smallest absolute Gasteiger partial charge is 0.245 e. The summed E-state index contributed by atoms with van der Waals surface area (Å²) in [4.78, 5) is 14.0. The number of rotatable bonds is 5. The van der Waals surface area contributed by atoms with Crippen LogP contribution in [-0.2, 0) is 14.8 Å². The van der Waals surface area contributed by atoms with Gasteiger partial charge >= 0.3 is 0 Å². The lowest BCUT2D eigenvalue weighted by Gasteiger charge is -2.17. The Labute approximate surface area is 145 Å². The number of halogens is 1. The minimum atomic E-state index is -3.83. The first-order chi connectivity index (χ1) is 11.9. The Morgan fingerprint density at radius 2 is 1.76 bits per heavy atom. The molecule has 0 aliphatic carbocycles. The number of hydrogen-bond donors (Lipinski definition) is 1. The molecule has 0 bridgehead atoms. The molecule has 2 aromatic carbocycles. The molecular weight excluding hydrogens is 347 g/mol. The van der Waals surface area contributed by atoms with Crippen LogP contribution in [0.5, 0.6) is 5.75 Å². The number of hydrogen-bond acceptors (Lipinski definition) is 4. The molecule has 132 valence electrons. The molecule has 0 radical (unpaired) electrons. The number of nitrogens with zero attached hydrogens (tertiary/aromatic N) is 1. The molecule has 3 rings (SSSR count). The summed E-state index contributed by atoms with van der Waals surface area (Å²) in [6, 6.07) is 10.6. The molecule has 0 unspecified atom stereocenters. The summed E-state index contributed by atoms with van der Waals surface area (Å²) in [5.74, 6) is -0.214. The zero-order valence-corrected chi connectivity index (χ0v) is 14.3. The largest absolute Gasteiger partial charge is 0.497 e. The van der Waals surface area contributed by atoms with Gasteiger partial charge in [-0.2, -0.15) is 4.72 Å². The fourth-order valence-corrected chi connectivity index (χ4v) is 3.90. The van der Waals surface area contributed by atoms with E-state index in [0.29, 0.717) is 24.4 Å². The Bertz CT molecular complexity index is 867. The molecule has 0 saturated carbocycles. The lowest BCUT2D eigenvalue weighted by Crippen LogP contribution is -2.41. The van der Waals surface area contributed by atoms with Crippen molar-refractivity contribution in [2.24, 2.45) is 0 Å². The summed E-state index contributed by atoms with van der Waals surface area (Å²) in [5, 5.41) is 0. The predicted octanol–water partition coefficient (Wildman–Crippen LogP) is 1.92. The monoisotopic (exact) mass is 364 g/mol. The summed E-state index contributed by atoms with van der Waals surface area (Å²) >= 11 is 0. The highest BCUT2D eigenvalue weighted by Crippen LogP contribution is 2.23. The van der Waals surface area contributed by atoms with Gasteiger partial charge in [-0.05, 0) is 55.0 Å². The van der Waals surface area contributed by atoms with Gasteiger partial charge < -0.3 is 9.64 Å². The van der Waals surface area contributed by atoms with Crippen LogP contribution in [-0.4, -0.2) is 34.0 Å². The van der Waals surface area contributed by atoms with Crippen molar-refractivity contribution in [1.82, 2.24) is 4.72 Å². The average molecular weight is 364 g/mol. The Morgan fingerprint density at radius 3 is 2.36 bits per heavy atom. The van der Waals surface area contributed by atoms with Crippen LogP contribution >= 0.6 is 0 Å². The van der Waals surface area contributed by atoms with Gasteiger partial charge in [-0.1, -0.05) is 0 Å². The number of nitrogens with one attached hydrogen (secondary N) is 1. The van der Waals surface area contributed by atoms with E-state index in [2.05, 4.69) is 4.72 Å². The van der Waals surface area contributed by atoms with Crippen LogP contribution in [0.3, 0.4) is 0 Å². The molecule has 1 aliphatic heterocycles. The zero-order valence-electron chi connectivity index (χ0n) is 13.5. The average Bonchev–Trinajstić information content (AvgIpc) is 2.96. The molecule has 0 aromatic heterocycles. The van der Waals surface area contributed by atoms with Crippen molar-refractivity contribution in [3.8, 4) is 5.75 Å². The van der Waals surface area contributed by atoms with E-state index in [1.807, 2.05) is 0 Å². The SMILES string of the molecule is COc1ccc(S(=O)(=O)N[C@@H]2CCN(c3ccc(F)cc3)C2=O)cc1. The zero-order chi connectivity index (χ0) is 18.0. The molecule has 1 N–H and O–H groups in total. The molecule has 1 atom stereocenters. The maximum atomic E-state index is 13.0. The quantitative estimate of drug-likeness (QED) is 0.880. The number of amides is 1. The van der Waals surface area contributed by atoms with E-state index >= 15 is 0 Å². The minimum absolute atomic E-state index is 0.0568. The molecule has 1 saturated heterocycles. The Morgan fingerprint density at radius 1 is 1.12 bits per heavy atom. The number of ether oxygens (including phenoxy) is 1. The second kappa shape index (κ2) is 6.81. The van der Waals surface area contributed by atoms with E-state index < -0.39 is 21.9 Å². The van der Waals surface area contributed by atoms with E-state index in [1.165, 1.54) is 60.5 Å². The summed E-state index contributed by atoms with van der Waals surface area (Å²) < 4.78 is 45.3. The molecule has 1 aliphatic rings. The second-order valence-electron chi connectivity index (χ2n) is 5.60. The van der Waals surface area contributed by atoms with Gasteiger partial charge in [0.05, 0.1) is 12.0 Å². The van der Waals surface area contributed by atoms with Crippen LogP contribution in [0.15, 0.2) is 53.4 Å². The number of sulfonamides is 1. The van der Waals surface area contributed by atoms with Gasteiger partial charge in [-0.15, -0.1) is 0 Å². The van der Waals surface area contributed by atoms with Crippen molar-refractivity contribution in [3.05, 3.63) is 54.3 Å². The van der Waals surface area contributed by atoms with E-state index in [4.69, 9.17) is 4.74 Å². The minimum Gasteiger partial charge on any atom is -0.497 e. The lowest BCUT2D eigenvalue weighted by atomic mass is 10.3. The molecule has 0 spiro atoms. The molecule has 1 amide bonds. The van der Waals surface area contributed by atoms with Crippen molar-refractivity contribution < 1.29 is 22.3 Å². The molecule has 6 nitrogen and oxygen atoms in total. The third-order valence-corrected chi connectivity index (χ3v) is 5.50. The topological polar surface area (TPSA) is 75.7 Å². The van der Waals surface area contributed by atoms with Gasteiger partial charge in [0, 0.05) is 12.2 Å². The number of anilines is 1. The Kier molecular flexibility index (Phi) is 4.73. The van der Waals surface area contributed by atoms with Gasteiger partial charge in [-0.3, -0.25) is 4.79 Å². The van der Waals surface area contributed by atoms with Crippen molar-refractivity contribution in [2.75, 3.05) is 18.6 Å². The fraction of sp³-hybridized carbons (Fsp3) is 0.235. The van der Waals surface area contributed by atoms with E-state index in [1.54, 1.807) is 0 Å². The molecule has 8 heteroatoms. The number of benzene rings is 2. The van der Waals surface area contributed by atoms with Crippen molar-refractivity contribution >= 4 is 21.6 Å². The first-order valence-corrected chi connectivity index (χ1v) is 9.12. The Balaban J connectivity index is 1.74. The van der Waals surface area contributed by atoms with Crippen molar-refractivity contribution in [2.45, 2.75) is 17.4 Å². The van der Waals surface area contributed by atoms with Crippen molar-refractivity contribution in [3.63, 3.8) is 0 Å². The molecule has 25 heavy (non-hydrogen) atoms. The van der Waals surface area contributed by atoms with Crippen LogP contribution < -0.4 is 14.4 Å². The first kappa shape index (κ1) is 17.4. The predicted molar refractivity (Wildman–Crippen MR) is 90.5 cm³/mol. The summed E-state index contributed by atoms with van der Waals surface area (Å²) in [7, 11) is -2.34. The van der Waals surface area contributed by atoms with Gasteiger partial charge in [0.15, 0.2) is 0 Å². The normalized spacial score (nSPS) is 17.8. The Hall–Kier alpha value is -2.45. The summed E-state index contributed by atoms with van der Waals surface area (Å²) in [5.41, 5.74) is 0.539. The molecule has 2 aromatic rings. The second-order valence-corrected chi connectivity index (χ2v) is 7.32. The first-order valence-electron chi connectivity index (χ1n) is 7.64.